The first-order chi connectivity index (χ1) is 14.6. The number of hydrogen-bond acceptors (Lipinski definition) is 5. The molecule has 0 atom stereocenters. The quantitative estimate of drug-likeness (QED) is 0.479. The molecular weight excluding hydrogens is 380 g/mol. The molecular formula is C23H32N4O3. The number of piperidine rings is 1. The van der Waals surface area contributed by atoms with Crippen LogP contribution in [-0.2, 0) is 6.54 Å². The fourth-order valence-electron chi connectivity index (χ4n) is 3.60. The van der Waals surface area contributed by atoms with Gasteiger partial charge in [-0.3, -0.25) is 0 Å². The number of phenols is 1. The Kier molecular flexibility index (Phi) is 7.65. The van der Waals surface area contributed by atoms with Crippen molar-refractivity contribution in [3.05, 3.63) is 48.0 Å². The molecule has 7 heteroatoms. The molecule has 0 bridgehead atoms. The third-order valence-corrected chi connectivity index (χ3v) is 5.21. The summed E-state index contributed by atoms with van der Waals surface area (Å²) in [4.78, 5) is 7.04. The van der Waals surface area contributed by atoms with Crippen LogP contribution >= 0.6 is 0 Å². The van der Waals surface area contributed by atoms with Crippen LogP contribution in [-0.4, -0.2) is 51.0 Å². The van der Waals surface area contributed by atoms with Gasteiger partial charge in [0.25, 0.3) is 0 Å². The molecule has 1 fully saturated rings. The number of nitrogens with zero attached hydrogens (tertiary/aromatic N) is 2. The van der Waals surface area contributed by atoms with Crippen molar-refractivity contribution in [1.29, 1.82) is 0 Å². The van der Waals surface area contributed by atoms with Crippen molar-refractivity contribution in [3.8, 4) is 17.2 Å². The highest BCUT2D eigenvalue weighted by Gasteiger charge is 2.21. The number of anilines is 1. The highest BCUT2D eigenvalue weighted by Crippen LogP contribution is 2.30. The molecule has 162 valence electrons. The maximum atomic E-state index is 9.63. The van der Waals surface area contributed by atoms with E-state index in [1.54, 1.807) is 26.4 Å². The molecule has 2 aromatic carbocycles. The van der Waals surface area contributed by atoms with Crippen molar-refractivity contribution in [2.45, 2.75) is 32.4 Å². The number of aliphatic imine (C=N–C) groups is 1. The van der Waals surface area contributed by atoms with Gasteiger partial charge in [0.2, 0.25) is 0 Å². The van der Waals surface area contributed by atoms with Crippen LogP contribution in [0.4, 0.5) is 5.69 Å². The second kappa shape index (κ2) is 10.6. The first-order valence-electron chi connectivity index (χ1n) is 10.4. The first-order valence-corrected chi connectivity index (χ1v) is 10.4. The Morgan fingerprint density at radius 1 is 1.10 bits per heavy atom. The van der Waals surface area contributed by atoms with E-state index in [-0.39, 0.29) is 5.75 Å². The average molecular weight is 413 g/mol. The topological polar surface area (TPSA) is 78.4 Å². The Balaban J connectivity index is 1.58. The number of guanidine groups is 1. The summed E-state index contributed by atoms with van der Waals surface area (Å²) in [6.45, 7) is 5.27. The van der Waals surface area contributed by atoms with Gasteiger partial charge in [0.05, 0.1) is 20.8 Å². The minimum Gasteiger partial charge on any atom is -0.508 e. The zero-order valence-electron chi connectivity index (χ0n) is 18.0. The SMILES string of the molecule is CCNC(=NCc1cccc(O)c1)NC1CCN(c2cc(OC)cc(OC)c2)CC1. The highest BCUT2D eigenvalue weighted by atomic mass is 16.5. The Morgan fingerprint density at radius 3 is 2.40 bits per heavy atom. The molecule has 30 heavy (non-hydrogen) atoms. The summed E-state index contributed by atoms with van der Waals surface area (Å²) in [6, 6.07) is 13.6. The predicted molar refractivity (Wildman–Crippen MR) is 121 cm³/mol. The molecule has 0 radical (unpaired) electrons. The molecule has 7 nitrogen and oxygen atoms in total. The second-order valence-corrected chi connectivity index (χ2v) is 7.34. The van der Waals surface area contributed by atoms with Crippen LogP contribution in [0.3, 0.4) is 0 Å². The Morgan fingerprint density at radius 2 is 1.80 bits per heavy atom. The van der Waals surface area contributed by atoms with Gasteiger partial charge in [-0.25, -0.2) is 4.99 Å². The van der Waals surface area contributed by atoms with Gasteiger partial charge >= 0.3 is 0 Å². The van der Waals surface area contributed by atoms with Gasteiger partial charge in [-0.1, -0.05) is 12.1 Å². The van der Waals surface area contributed by atoms with Gasteiger partial charge in [0.1, 0.15) is 17.2 Å². The van der Waals surface area contributed by atoms with Gasteiger partial charge in [-0.15, -0.1) is 0 Å². The highest BCUT2D eigenvalue weighted by molar-refractivity contribution is 5.80. The zero-order valence-corrected chi connectivity index (χ0v) is 18.0. The van der Waals surface area contributed by atoms with Crippen LogP contribution < -0.4 is 25.0 Å². The molecule has 1 heterocycles. The van der Waals surface area contributed by atoms with Crippen molar-refractivity contribution in [2.75, 3.05) is 38.8 Å². The van der Waals surface area contributed by atoms with Gasteiger partial charge in [-0.05, 0) is 37.5 Å². The third-order valence-electron chi connectivity index (χ3n) is 5.21. The van der Waals surface area contributed by atoms with Crippen LogP contribution in [0.2, 0.25) is 0 Å². The predicted octanol–water partition coefficient (Wildman–Crippen LogP) is 3.13. The standard InChI is InChI=1S/C23H32N4O3/c1-4-24-23(25-16-17-6-5-7-20(28)12-17)26-18-8-10-27(11-9-18)19-13-21(29-2)15-22(14-19)30-3/h5-7,12-15,18,28H,4,8-11,16H2,1-3H3,(H2,24,25,26). The molecule has 2 aromatic rings. The summed E-state index contributed by atoms with van der Waals surface area (Å²) in [6.07, 6.45) is 2.02. The largest absolute Gasteiger partial charge is 0.508 e. The molecule has 0 amide bonds. The molecule has 1 saturated heterocycles. The number of ether oxygens (including phenoxy) is 2. The van der Waals surface area contributed by atoms with E-state index in [2.05, 4.69) is 39.6 Å². The van der Waals surface area contributed by atoms with E-state index in [4.69, 9.17) is 9.47 Å². The molecule has 3 N–H and O–H groups in total. The molecule has 3 rings (SSSR count). The van der Waals surface area contributed by atoms with Crippen LogP contribution in [0.5, 0.6) is 17.2 Å². The lowest BCUT2D eigenvalue weighted by molar-refractivity contribution is 0.393. The summed E-state index contributed by atoms with van der Waals surface area (Å²) in [5, 5.41) is 16.5. The summed E-state index contributed by atoms with van der Waals surface area (Å²) in [7, 11) is 3.35. The maximum absolute atomic E-state index is 9.63. The minimum atomic E-state index is 0.266. The fourth-order valence-corrected chi connectivity index (χ4v) is 3.60. The molecule has 0 unspecified atom stereocenters. The van der Waals surface area contributed by atoms with E-state index in [9.17, 15) is 5.11 Å². The number of phenolic OH excluding ortho intramolecular Hbond substituents is 1. The normalized spacial score (nSPS) is 15.0. The van der Waals surface area contributed by atoms with E-state index in [0.29, 0.717) is 12.6 Å². The fraction of sp³-hybridized carbons (Fsp3) is 0.435. The summed E-state index contributed by atoms with van der Waals surface area (Å²) >= 11 is 0. The summed E-state index contributed by atoms with van der Waals surface area (Å²) in [5.74, 6) is 2.68. The number of benzene rings is 2. The van der Waals surface area contributed by atoms with Crippen LogP contribution in [0.1, 0.15) is 25.3 Å². The molecule has 0 spiro atoms. The van der Waals surface area contributed by atoms with Crippen LogP contribution in [0, 0.1) is 0 Å². The first kappa shape index (κ1) is 21.6. The smallest absolute Gasteiger partial charge is 0.191 e. The molecule has 1 aliphatic rings. The van der Waals surface area contributed by atoms with Crippen LogP contribution in [0.25, 0.3) is 0 Å². The van der Waals surface area contributed by atoms with Crippen LogP contribution in [0.15, 0.2) is 47.5 Å². The summed E-state index contributed by atoms with van der Waals surface area (Å²) in [5.41, 5.74) is 2.10. The van der Waals surface area contributed by atoms with Crippen molar-refractivity contribution in [3.63, 3.8) is 0 Å². The van der Waals surface area contributed by atoms with Gasteiger partial charge in [-0.2, -0.15) is 0 Å². The van der Waals surface area contributed by atoms with Crippen molar-refractivity contribution in [2.24, 2.45) is 4.99 Å². The Labute approximate surface area is 178 Å². The minimum absolute atomic E-state index is 0.266. The Hall–Kier alpha value is -3.09. The lowest BCUT2D eigenvalue weighted by atomic mass is 10.0. The maximum Gasteiger partial charge on any atom is 0.191 e. The van der Waals surface area contributed by atoms with Gasteiger partial charge in [0.15, 0.2) is 5.96 Å². The van der Waals surface area contributed by atoms with E-state index in [1.807, 2.05) is 18.2 Å². The van der Waals surface area contributed by atoms with Crippen molar-refractivity contribution in [1.82, 2.24) is 10.6 Å². The van der Waals surface area contributed by atoms with E-state index in [0.717, 1.165) is 61.2 Å². The number of methoxy groups -OCH3 is 2. The number of nitrogens with one attached hydrogen (secondary N) is 2. The van der Waals surface area contributed by atoms with E-state index in [1.165, 1.54) is 0 Å². The van der Waals surface area contributed by atoms with Gasteiger partial charge < -0.3 is 30.1 Å². The molecule has 0 aromatic heterocycles. The molecule has 0 aliphatic carbocycles. The Bertz CT molecular complexity index is 826. The van der Waals surface area contributed by atoms with Crippen molar-refractivity contribution < 1.29 is 14.6 Å². The lowest BCUT2D eigenvalue weighted by Gasteiger charge is -2.34. The van der Waals surface area contributed by atoms with Crippen molar-refractivity contribution >= 4 is 11.6 Å². The number of aromatic hydroxyl groups is 1. The lowest BCUT2D eigenvalue weighted by Crippen LogP contribution is -2.48. The second-order valence-electron chi connectivity index (χ2n) is 7.34. The molecule has 0 saturated carbocycles. The molecule has 1 aliphatic heterocycles. The number of rotatable bonds is 7. The third kappa shape index (κ3) is 5.95. The average Bonchev–Trinajstić information content (AvgIpc) is 2.77. The monoisotopic (exact) mass is 412 g/mol. The van der Waals surface area contributed by atoms with Gasteiger partial charge in [0, 0.05) is 49.6 Å². The number of hydrogen-bond donors (Lipinski definition) is 3. The summed E-state index contributed by atoms with van der Waals surface area (Å²) < 4.78 is 10.8. The zero-order chi connectivity index (χ0) is 21.3. The van der Waals surface area contributed by atoms with E-state index < -0.39 is 0 Å². The van der Waals surface area contributed by atoms with E-state index >= 15 is 0 Å².